The number of hydrogen-bond acceptors (Lipinski definition) is 3. The molecule has 0 bridgehead atoms. The van der Waals surface area contributed by atoms with Gasteiger partial charge in [0.25, 0.3) is 5.91 Å². The van der Waals surface area contributed by atoms with E-state index in [1.54, 1.807) is 6.92 Å². The van der Waals surface area contributed by atoms with Crippen LogP contribution in [-0.4, -0.2) is 23.2 Å². The Morgan fingerprint density at radius 2 is 2.20 bits per heavy atom. The largest absolute Gasteiger partial charge is 0.481 e. The molecule has 4 heteroatoms. The van der Waals surface area contributed by atoms with E-state index in [0.29, 0.717) is 11.8 Å². The standard InChI is InChI=1S/C16H21NO3/c1-10(16(19)17-12-6-7-12)20-13-8-5-11-3-2-4-15(18)14(11)9-13/h5,8-10,12,15,18H,2-4,6-7H2,1H3,(H,17,19)/t10?,15-/m1/s1. The molecule has 1 fully saturated rings. The summed E-state index contributed by atoms with van der Waals surface area (Å²) in [5.41, 5.74) is 2.13. The van der Waals surface area contributed by atoms with Gasteiger partial charge in [-0.15, -0.1) is 0 Å². The van der Waals surface area contributed by atoms with Crippen LogP contribution < -0.4 is 10.1 Å². The van der Waals surface area contributed by atoms with Crippen LogP contribution in [0, 0.1) is 0 Å². The maximum Gasteiger partial charge on any atom is 0.260 e. The number of rotatable bonds is 4. The monoisotopic (exact) mass is 275 g/mol. The topological polar surface area (TPSA) is 58.6 Å². The molecule has 1 saturated carbocycles. The van der Waals surface area contributed by atoms with E-state index < -0.39 is 12.2 Å². The molecule has 0 aliphatic heterocycles. The highest BCUT2D eigenvalue weighted by atomic mass is 16.5. The Labute approximate surface area is 119 Å². The molecule has 2 aliphatic rings. The quantitative estimate of drug-likeness (QED) is 0.884. The Kier molecular flexibility index (Phi) is 3.66. The van der Waals surface area contributed by atoms with Gasteiger partial charge in [0.15, 0.2) is 6.10 Å². The average molecular weight is 275 g/mol. The number of hydrogen-bond donors (Lipinski definition) is 2. The van der Waals surface area contributed by atoms with Gasteiger partial charge in [0.2, 0.25) is 0 Å². The van der Waals surface area contributed by atoms with E-state index in [-0.39, 0.29) is 5.91 Å². The van der Waals surface area contributed by atoms with Gasteiger partial charge in [-0.3, -0.25) is 4.79 Å². The highest BCUT2D eigenvalue weighted by Crippen LogP contribution is 2.32. The second-order valence-corrected chi connectivity index (χ2v) is 5.81. The summed E-state index contributed by atoms with van der Waals surface area (Å²) >= 11 is 0. The van der Waals surface area contributed by atoms with E-state index in [9.17, 15) is 9.90 Å². The lowest BCUT2D eigenvalue weighted by Crippen LogP contribution is -2.37. The first-order chi connectivity index (χ1) is 9.63. The van der Waals surface area contributed by atoms with Crippen molar-refractivity contribution in [3.63, 3.8) is 0 Å². The van der Waals surface area contributed by atoms with E-state index in [1.165, 1.54) is 5.56 Å². The third-order valence-corrected chi connectivity index (χ3v) is 4.01. The van der Waals surface area contributed by atoms with E-state index in [2.05, 4.69) is 5.32 Å². The highest BCUT2D eigenvalue weighted by Gasteiger charge is 2.26. The normalized spacial score (nSPS) is 22.8. The van der Waals surface area contributed by atoms with Crippen LogP contribution >= 0.6 is 0 Å². The van der Waals surface area contributed by atoms with Gasteiger partial charge >= 0.3 is 0 Å². The minimum Gasteiger partial charge on any atom is -0.481 e. The number of benzene rings is 1. The first-order valence-corrected chi connectivity index (χ1v) is 7.41. The number of amides is 1. The van der Waals surface area contributed by atoms with Gasteiger partial charge in [-0.05, 0) is 62.3 Å². The number of carbonyl (C=O) groups excluding carboxylic acids is 1. The summed E-state index contributed by atoms with van der Waals surface area (Å²) < 4.78 is 5.70. The molecule has 20 heavy (non-hydrogen) atoms. The van der Waals surface area contributed by atoms with E-state index in [4.69, 9.17) is 4.74 Å². The van der Waals surface area contributed by atoms with Crippen LogP contribution in [0.1, 0.15) is 49.8 Å². The summed E-state index contributed by atoms with van der Waals surface area (Å²) in [5.74, 6) is 0.592. The van der Waals surface area contributed by atoms with Crippen molar-refractivity contribution in [3.8, 4) is 5.75 Å². The number of aliphatic hydroxyl groups excluding tert-OH is 1. The molecule has 0 spiro atoms. The summed E-state index contributed by atoms with van der Waals surface area (Å²) in [7, 11) is 0. The van der Waals surface area contributed by atoms with Crippen molar-refractivity contribution >= 4 is 5.91 Å². The molecule has 4 nitrogen and oxygen atoms in total. The second-order valence-electron chi connectivity index (χ2n) is 5.81. The summed E-state index contributed by atoms with van der Waals surface area (Å²) in [6.07, 6.45) is 4.06. The zero-order valence-corrected chi connectivity index (χ0v) is 11.8. The Balaban J connectivity index is 1.67. The van der Waals surface area contributed by atoms with Crippen LogP contribution in [-0.2, 0) is 11.2 Å². The SMILES string of the molecule is CC(Oc1ccc2c(c1)[C@H](O)CCC2)C(=O)NC1CC1. The Bertz CT molecular complexity index is 510. The van der Waals surface area contributed by atoms with Gasteiger partial charge in [-0.2, -0.15) is 0 Å². The van der Waals surface area contributed by atoms with E-state index >= 15 is 0 Å². The molecule has 1 aromatic carbocycles. The molecule has 2 aliphatic carbocycles. The third-order valence-electron chi connectivity index (χ3n) is 4.01. The van der Waals surface area contributed by atoms with Crippen molar-refractivity contribution in [2.45, 2.75) is 57.3 Å². The first-order valence-electron chi connectivity index (χ1n) is 7.41. The van der Waals surface area contributed by atoms with Crippen LogP contribution in [0.25, 0.3) is 0 Å². The number of nitrogens with one attached hydrogen (secondary N) is 1. The minimum absolute atomic E-state index is 0.0641. The highest BCUT2D eigenvalue weighted by molar-refractivity contribution is 5.81. The van der Waals surface area contributed by atoms with E-state index in [0.717, 1.165) is 37.7 Å². The van der Waals surface area contributed by atoms with Crippen molar-refractivity contribution in [2.24, 2.45) is 0 Å². The molecule has 2 atom stereocenters. The van der Waals surface area contributed by atoms with Gasteiger partial charge in [-0.1, -0.05) is 6.07 Å². The van der Waals surface area contributed by atoms with Gasteiger partial charge in [0.05, 0.1) is 6.10 Å². The summed E-state index contributed by atoms with van der Waals surface area (Å²) in [5, 5.41) is 13.0. The number of aliphatic hydroxyl groups is 1. The Morgan fingerprint density at radius 1 is 1.40 bits per heavy atom. The van der Waals surface area contributed by atoms with Gasteiger partial charge in [0, 0.05) is 6.04 Å². The summed E-state index contributed by atoms with van der Waals surface area (Å²) in [6, 6.07) is 6.11. The predicted octanol–water partition coefficient (Wildman–Crippen LogP) is 2.10. The van der Waals surface area contributed by atoms with Crippen LogP contribution in [0.15, 0.2) is 18.2 Å². The maximum absolute atomic E-state index is 11.9. The van der Waals surface area contributed by atoms with Crippen molar-refractivity contribution in [1.82, 2.24) is 5.32 Å². The van der Waals surface area contributed by atoms with Crippen LogP contribution in [0.4, 0.5) is 0 Å². The minimum atomic E-state index is -0.505. The first kappa shape index (κ1) is 13.4. The lowest BCUT2D eigenvalue weighted by molar-refractivity contribution is -0.127. The zero-order chi connectivity index (χ0) is 14.1. The number of ether oxygens (including phenoxy) is 1. The molecule has 0 heterocycles. The fourth-order valence-corrected chi connectivity index (χ4v) is 2.63. The zero-order valence-electron chi connectivity index (χ0n) is 11.8. The lowest BCUT2D eigenvalue weighted by Gasteiger charge is -2.23. The average Bonchev–Trinajstić information content (AvgIpc) is 3.23. The van der Waals surface area contributed by atoms with Crippen LogP contribution in [0.3, 0.4) is 0 Å². The Hall–Kier alpha value is -1.55. The van der Waals surface area contributed by atoms with E-state index in [1.807, 2.05) is 18.2 Å². The smallest absolute Gasteiger partial charge is 0.260 e. The number of carbonyl (C=O) groups is 1. The molecule has 2 N–H and O–H groups in total. The fraction of sp³-hybridized carbons (Fsp3) is 0.562. The second kappa shape index (κ2) is 5.44. The number of aryl methyl sites for hydroxylation is 1. The fourth-order valence-electron chi connectivity index (χ4n) is 2.63. The molecule has 1 aromatic rings. The van der Waals surface area contributed by atoms with Gasteiger partial charge < -0.3 is 15.2 Å². The molecule has 0 radical (unpaired) electrons. The summed E-state index contributed by atoms with van der Waals surface area (Å²) in [6.45, 7) is 1.76. The number of fused-ring (bicyclic) bond motifs is 1. The summed E-state index contributed by atoms with van der Waals surface area (Å²) in [4.78, 5) is 11.9. The van der Waals surface area contributed by atoms with Gasteiger partial charge in [0.1, 0.15) is 5.75 Å². The van der Waals surface area contributed by atoms with Crippen molar-refractivity contribution in [1.29, 1.82) is 0 Å². The van der Waals surface area contributed by atoms with Crippen molar-refractivity contribution in [2.75, 3.05) is 0 Å². The predicted molar refractivity (Wildman–Crippen MR) is 75.6 cm³/mol. The molecule has 1 amide bonds. The molecular weight excluding hydrogens is 254 g/mol. The molecule has 0 saturated heterocycles. The van der Waals surface area contributed by atoms with Crippen molar-refractivity contribution < 1.29 is 14.6 Å². The molecule has 108 valence electrons. The Morgan fingerprint density at radius 3 is 2.95 bits per heavy atom. The maximum atomic E-state index is 11.9. The lowest BCUT2D eigenvalue weighted by atomic mass is 9.89. The molecule has 0 aromatic heterocycles. The molecular formula is C16H21NO3. The molecule has 3 rings (SSSR count). The third kappa shape index (κ3) is 2.96. The van der Waals surface area contributed by atoms with Crippen molar-refractivity contribution in [3.05, 3.63) is 29.3 Å². The molecule has 1 unspecified atom stereocenters. The van der Waals surface area contributed by atoms with Gasteiger partial charge in [-0.25, -0.2) is 0 Å². The van der Waals surface area contributed by atoms with Crippen LogP contribution in [0.2, 0.25) is 0 Å². The van der Waals surface area contributed by atoms with Crippen LogP contribution in [0.5, 0.6) is 5.75 Å².